The second-order valence-corrected chi connectivity index (χ2v) is 3.53. The Morgan fingerprint density at radius 3 is 2.80 bits per heavy atom. The van der Waals surface area contributed by atoms with Crippen LogP contribution in [0.15, 0.2) is 28.0 Å². The first-order valence-electron chi connectivity index (χ1n) is 3.86. The zero-order chi connectivity index (χ0) is 11.0. The van der Waals surface area contributed by atoms with Gasteiger partial charge in [-0.25, -0.2) is 14.8 Å². The van der Waals surface area contributed by atoms with E-state index >= 15 is 0 Å². The first-order chi connectivity index (χ1) is 7.09. The fraction of sp³-hybridized carbons (Fsp3) is 0. The first kappa shape index (κ1) is 9.78. The van der Waals surface area contributed by atoms with Crippen molar-refractivity contribution in [1.82, 2.24) is 14.4 Å². The normalized spacial score (nSPS) is 10.5. The molecule has 0 radical (unpaired) electrons. The number of rotatable bonds is 1. The standard InChI is InChI=1S/C8H4BrN3O3/c9-5-3-12-6(2-10-5)11-1-4(7(12)13)8(14)15/h1-3H,(H,14,15). The quantitative estimate of drug-likeness (QED) is 0.817. The number of aromatic nitrogens is 3. The average Bonchev–Trinajstić information content (AvgIpc) is 2.19. The van der Waals surface area contributed by atoms with E-state index in [4.69, 9.17) is 5.11 Å². The lowest BCUT2D eigenvalue weighted by Gasteiger charge is -2.00. The molecule has 7 heteroatoms. The van der Waals surface area contributed by atoms with Gasteiger partial charge in [-0.05, 0) is 15.9 Å². The van der Waals surface area contributed by atoms with Gasteiger partial charge in [-0.15, -0.1) is 0 Å². The molecule has 0 amide bonds. The fourth-order valence-corrected chi connectivity index (χ4v) is 1.42. The minimum Gasteiger partial charge on any atom is -0.477 e. The molecule has 0 atom stereocenters. The van der Waals surface area contributed by atoms with E-state index in [1.807, 2.05) is 0 Å². The van der Waals surface area contributed by atoms with E-state index in [2.05, 4.69) is 25.9 Å². The number of hydrogen-bond acceptors (Lipinski definition) is 4. The summed E-state index contributed by atoms with van der Waals surface area (Å²) in [5.74, 6) is -1.30. The summed E-state index contributed by atoms with van der Waals surface area (Å²) >= 11 is 3.08. The Hall–Kier alpha value is -1.76. The van der Waals surface area contributed by atoms with E-state index in [1.54, 1.807) is 0 Å². The molecule has 0 aliphatic heterocycles. The second-order valence-electron chi connectivity index (χ2n) is 2.72. The highest BCUT2D eigenvalue weighted by Crippen LogP contribution is 2.04. The van der Waals surface area contributed by atoms with Crippen molar-refractivity contribution in [2.45, 2.75) is 0 Å². The lowest BCUT2D eigenvalue weighted by Crippen LogP contribution is -2.22. The van der Waals surface area contributed by atoms with Gasteiger partial charge in [0.05, 0.1) is 6.20 Å². The van der Waals surface area contributed by atoms with E-state index in [1.165, 1.54) is 12.4 Å². The third-order valence-corrected chi connectivity index (χ3v) is 2.20. The monoisotopic (exact) mass is 269 g/mol. The number of carboxylic acids is 1. The molecule has 1 N–H and O–H groups in total. The van der Waals surface area contributed by atoms with Crippen LogP contribution in [0, 0.1) is 0 Å². The molecule has 6 nitrogen and oxygen atoms in total. The molecule has 0 fully saturated rings. The summed E-state index contributed by atoms with van der Waals surface area (Å²) in [6.07, 6.45) is 3.77. The molecule has 0 bridgehead atoms. The molecular formula is C8H4BrN3O3. The van der Waals surface area contributed by atoms with Crippen LogP contribution in [0.25, 0.3) is 5.65 Å². The Morgan fingerprint density at radius 2 is 2.13 bits per heavy atom. The van der Waals surface area contributed by atoms with Gasteiger partial charge in [-0.1, -0.05) is 0 Å². The number of aromatic carboxylic acids is 1. The lowest BCUT2D eigenvalue weighted by atomic mass is 10.3. The Labute approximate surface area is 91.3 Å². The van der Waals surface area contributed by atoms with Gasteiger partial charge in [-0.2, -0.15) is 0 Å². The molecule has 2 aromatic heterocycles. The van der Waals surface area contributed by atoms with Crippen LogP contribution in [-0.4, -0.2) is 25.4 Å². The third-order valence-electron chi connectivity index (χ3n) is 1.79. The first-order valence-corrected chi connectivity index (χ1v) is 4.65. The van der Waals surface area contributed by atoms with Gasteiger partial charge < -0.3 is 5.11 Å². The molecule has 0 aliphatic rings. The average molecular weight is 270 g/mol. The Bertz CT molecular complexity index is 608. The minimum atomic E-state index is -1.30. The van der Waals surface area contributed by atoms with Gasteiger partial charge in [0.15, 0.2) is 5.65 Å². The van der Waals surface area contributed by atoms with Gasteiger partial charge in [0, 0.05) is 12.4 Å². The molecule has 0 aromatic carbocycles. The van der Waals surface area contributed by atoms with E-state index in [0.717, 1.165) is 10.6 Å². The van der Waals surface area contributed by atoms with Gasteiger partial charge >= 0.3 is 5.97 Å². The Kier molecular flexibility index (Phi) is 2.24. The zero-order valence-electron chi connectivity index (χ0n) is 7.22. The van der Waals surface area contributed by atoms with Crippen molar-refractivity contribution >= 4 is 27.5 Å². The van der Waals surface area contributed by atoms with E-state index < -0.39 is 11.5 Å². The topological polar surface area (TPSA) is 84.6 Å². The highest BCUT2D eigenvalue weighted by molar-refractivity contribution is 9.10. The van der Waals surface area contributed by atoms with Crippen LogP contribution in [-0.2, 0) is 0 Å². The van der Waals surface area contributed by atoms with Crippen LogP contribution >= 0.6 is 15.9 Å². The second kappa shape index (κ2) is 3.43. The SMILES string of the molecule is O=C(O)c1cnc2cnc(Br)cn2c1=O. The molecule has 2 rings (SSSR count). The summed E-state index contributed by atoms with van der Waals surface area (Å²) in [5, 5.41) is 8.71. The van der Waals surface area contributed by atoms with Gasteiger partial charge in [0.2, 0.25) is 0 Å². The largest absolute Gasteiger partial charge is 0.477 e. The molecule has 0 aliphatic carbocycles. The molecule has 76 valence electrons. The van der Waals surface area contributed by atoms with Crippen LogP contribution in [0.3, 0.4) is 0 Å². The molecule has 2 aromatic rings. The number of carboxylic acid groups (broad SMARTS) is 1. The maximum Gasteiger partial charge on any atom is 0.342 e. The van der Waals surface area contributed by atoms with Crippen LogP contribution in [0.1, 0.15) is 10.4 Å². The van der Waals surface area contributed by atoms with Crippen LogP contribution in [0.5, 0.6) is 0 Å². The van der Waals surface area contributed by atoms with Crippen LogP contribution in [0.2, 0.25) is 0 Å². The van der Waals surface area contributed by atoms with E-state index in [-0.39, 0.29) is 5.56 Å². The summed E-state index contributed by atoms with van der Waals surface area (Å²) in [7, 11) is 0. The summed E-state index contributed by atoms with van der Waals surface area (Å²) in [5.41, 5.74) is -0.700. The molecule has 2 heterocycles. The van der Waals surface area contributed by atoms with Gasteiger partial charge in [0.1, 0.15) is 10.2 Å². The highest BCUT2D eigenvalue weighted by atomic mass is 79.9. The number of halogens is 1. The molecule has 0 saturated carbocycles. The predicted molar refractivity (Wildman–Crippen MR) is 53.9 cm³/mol. The van der Waals surface area contributed by atoms with Crippen molar-refractivity contribution in [3.63, 3.8) is 0 Å². The molecular weight excluding hydrogens is 266 g/mol. The Balaban J connectivity index is 2.89. The fourth-order valence-electron chi connectivity index (χ4n) is 1.11. The third kappa shape index (κ3) is 1.61. The smallest absolute Gasteiger partial charge is 0.342 e. The van der Waals surface area contributed by atoms with Crippen molar-refractivity contribution in [3.8, 4) is 0 Å². The van der Waals surface area contributed by atoms with Crippen molar-refractivity contribution in [1.29, 1.82) is 0 Å². The van der Waals surface area contributed by atoms with Crippen LogP contribution in [0.4, 0.5) is 0 Å². The minimum absolute atomic E-state index is 0.299. The zero-order valence-corrected chi connectivity index (χ0v) is 8.80. The van der Waals surface area contributed by atoms with Crippen molar-refractivity contribution < 1.29 is 9.90 Å². The van der Waals surface area contributed by atoms with Crippen LogP contribution < -0.4 is 5.56 Å². The maximum atomic E-state index is 11.6. The molecule has 0 spiro atoms. The number of carbonyl (C=O) groups is 1. The highest BCUT2D eigenvalue weighted by Gasteiger charge is 2.11. The van der Waals surface area contributed by atoms with Gasteiger partial charge in [0.25, 0.3) is 5.56 Å². The number of nitrogens with zero attached hydrogens (tertiary/aromatic N) is 3. The number of fused-ring (bicyclic) bond motifs is 1. The Morgan fingerprint density at radius 1 is 1.40 bits per heavy atom. The molecule has 0 saturated heterocycles. The van der Waals surface area contributed by atoms with E-state index in [0.29, 0.717) is 10.3 Å². The summed E-state index contributed by atoms with van der Waals surface area (Å²) in [4.78, 5) is 30.0. The molecule has 15 heavy (non-hydrogen) atoms. The number of hydrogen-bond donors (Lipinski definition) is 1. The summed E-state index contributed by atoms with van der Waals surface area (Å²) in [6.45, 7) is 0. The van der Waals surface area contributed by atoms with E-state index in [9.17, 15) is 9.59 Å². The maximum absolute atomic E-state index is 11.6. The van der Waals surface area contributed by atoms with Crippen molar-refractivity contribution in [2.24, 2.45) is 0 Å². The summed E-state index contributed by atoms with van der Waals surface area (Å²) in [6, 6.07) is 0. The lowest BCUT2D eigenvalue weighted by molar-refractivity contribution is 0.0694. The van der Waals surface area contributed by atoms with Gasteiger partial charge in [-0.3, -0.25) is 9.20 Å². The summed E-state index contributed by atoms with van der Waals surface area (Å²) < 4.78 is 1.56. The predicted octanol–water partition coefficient (Wildman–Crippen LogP) is 0.550. The molecule has 0 unspecified atom stereocenters. The van der Waals surface area contributed by atoms with Crippen molar-refractivity contribution in [2.75, 3.05) is 0 Å². The van der Waals surface area contributed by atoms with Crippen molar-refractivity contribution in [3.05, 3.63) is 39.1 Å².